The first-order chi connectivity index (χ1) is 11.4. The van der Waals surface area contributed by atoms with Crippen LogP contribution in [0.15, 0.2) is 35.9 Å². The topological polar surface area (TPSA) is 38.3 Å². The second-order valence-electron chi connectivity index (χ2n) is 5.91. The summed E-state index contributed by atoms with van der Waals surface area (Å²) in [6.07, 6.45) is 2.65. The van der Waals surface area contributed by atoms with E-state index in [1.807, 2.05) is 39.8 Å². The van der Waals surface area contributed by atoms with Crippen LogP contribution in [-0.4, -0.2) is 13.0 Å². The smallest absolute Gasteiger partial charge is 0.211 e. The van der Waals surface area contributed by atoms with Gasteiger partial charge < -0.3 is 10.1 Å². The number of aryl methyl sites for hydroxylation is 1. The fourth-order valence-electron chi connectivity index (χ4n) is 2.55. The molecule has 0 spiro atoms. The molecule has 0 unspecified atom stereocenters. The Morgan fingerprint density at radius 1 is 1.17 bits per heavy atom. The van der Waals surface area contributed by atoms with Crippen LogP contribution in [0.4, 0.5) is 10.1 Å². The van der Waals surface area contributed by atoms with Gasteiger partial charge in [0, 0.05) is 5.69 Å². The van der Waals surface area contributed by atoms with E-state index in [9.17, 15) is 9.18 Å². The predicted molar refractivity (Wildman–Crippen MR) is 95.9 cm³/mol. The van der Waals surface area contributed by atoms with Gasteiger partial charge in [-0.1, -0.05) is 18.2 Å². The molecule has 0 saturated carbocycles. The summed E-state index contributed by atoms with van der Waals surface area (Å²) >= 11 is 0. The van der Waals surface area contributed by atoms with Crippen molar-refractivity contribution in [3.05, 3.63) is 64.0 Å². The van der Waals surface area contributed by atoms with E-state index in [0.717, 1.165) is 39.3 Å². The van der Waals surface area contributed by atoms with Crippen LogP contribution in [0.5, 0.6) is 5.75 Å². The molecule has 0 fully saturated rings. The molecule has 0 saturated heterocycles. The number of hydrogen-bond acceptors (Lipinski definition) is 2. The van der Waals surface area contributed by atoms with Gasteiger partial charge in [0.1, 0.15) is 18.2 Å². The minimum atomic E-state index is -0.244. The number of hydrogen-bond donors (Lipinski definition) is 1. The van der Waals surface area contributed by atoms with Crippen molar-refractivity contribution in [2.24, 2.45) is 0 Å². The fraction of sp³-hybridized carbons (Fsp3) is 0.250. The Bertz CT molecular complexity index is 764. The fourth-order valence-corrected chi connectivity index (χ4v) is 2.55. The summed E-state index contributed by atoms with van der Waals surface area (Å²) in [4.78, 5) is 10.7. The molecule has 1 amide bonds. The molecule has 4 heteroatoms. The number of nitrogens with one attached hydrogen (secondary N) is 1. The lowest BCUT2D eigenvalue weighted by atomic mass is 10.0. The highest BCUT2D eigenvalue weighted by molar-refractivity contribution is 5.77. The zero-order chi connectivity index (χ0) is 17.7. The van der Waals surface area contributed by atoms with Crippen LogP contribution in [-0.2, 0) is 4.79 Å². The third kappa shape index (κ3) is 4.22. The molecule has 2 rings (SSSR count). The second kappa shape index (κ2) is 7.77. The molecule has 0 aliphatic rings. The van der Waals surface area contributed by atoms with Crippen molar-refractivity contribution in [2.45, 2.75) is 27.7 Å². The maximum atomic E-state index is 12.9. The first kappa shape index (κ1) is 17.7. The lowest BCUT2D eigenvalue weighted by Gasteiger charge is -2.16. The molecule has 0 atom stereocenters. The van der Waals surface area contributed by atoms with Crippen LogP contribution < -0.4 is 10.1 Å². The monoisotopic (exact) mass is 327 g/mol. The summed E-state index contributed by atoms with van der Waals surface area (Å²) in [6.45, 7) is 8.28. The predicted octanol–water partition coefficient (Wildman–Crippen LogP) is 4.80. The molecule has 0 aliphatic heterocycles. The number of ether oxygens (including phenoxy) is 1. The van der Waals surface area contributed by atoms with Crippen LogP contribution in [0.2, 0.25) is 0 Å². The first-order valence-electron chi connectivity index (χ1n) is 7.79. The molecule has 24 heavy (non-hydrogen) atoms. The van der Waals surface area contributed by atoms with Crippen molar-refractivity contribution >= 4 is 18.2 Å². The number of carbonyl (C=O) groups excluding carboxylic acids is 1. The normalized spacial score (nSPS) is 11.3. The van der Waals surface area contributed by atoms with Crippen molar-refractivity contribution in [3.8, 4) is 5.75 Å². The van der Waals surface area contributed by atoms with Gasteiger partial charge in [0.2, 0.25) is 6.41 Å². The van der Waals surface area contributed by atoms with Gasteiger partial charge in [-0.2, -0.15) is 0 Å². The van der Waals surface area contributed by atoms with Crippen LogP contribution in [0.25, 0.3) is 6.08 Å². The average molecular weight is 327 g/mol. The van der Waals surface area contributed by atoms with Crippen molar-refractivity contribution < 1.29 is 13.9 Å². The molecule has 126 valence electrons. The Hall–Kier alpha value is -2.62. The standard InChI is InChI=1S/C20H22FNO2/c1-13(9-17-5-7-18(21)8-6-17)11-24-19-10-14(2)20(22-12-23)16(4)15(19)3/h5-10,12H,11H2,1-4H3,(H,22,23)/b13-9+. The quantitative estimate of drug-likeness (QED) is 0.774. The van der Waals surface area contributed by atoms with Gasteiger partial charge in [-0.15, -0.1) is 0 Å². The van der Waals surface area contributed by atoms with E-state index in [-0.39, 0.29) is 5.82 Å². The maximum Gasteiger partial charge on any atom is 0.211 e. The van der Waals surface area contributed by atoms with E-state index < -0.39 is 0 Å². The molecule has 2 aromatic rings. The average Bonchev–Trinajstić information content (AvgIpc) is 2.56. The molecule has 0 aliphatic carbocycles. The summed E-state index contributed by atoms with van der Waals surface area (Å²) in [5.41, 5.74) is 5.75. The molecule has 0 heterocycles. The van der Waals surface area contributed by atoms with Crippen LogP contribution in [0.3, 0.4) is 0 Å². The Balaban J connectivity index is 2.14. The van der Waals surface area contributed by atoms with Gasteiger partial charge in [-0.25, -0.2) is 4.39 Å². The molecule has 0 radical (unpaired) electrons. The minimum absolute atomic E-state index is 0.244. The van der Waals surface area contributed by atoms with E-state index in [4.69, 9.17) is 4.74 Å². The Morgan fingerprint density at radius 3 is 2.46 bits per heavy atom. The van der Waals surface area contributed by atoms with Crippen LogP contribution in [0.1, 0.15) is 29.2 Å². The molecule has 0 aromatic heterocycles. The Kier molecular flexibility index (Phi) is 5.74. The van der Waals surface area contributed by atoms with Crippen molar-refractivity contribution in [1.82, 2.24) is 0 Å². The number of carbonyl (C=O) groups is 1. The summed E-state index contributed by atoms with van der Waals surface area (Å²) < 4.78 is 18.9. The van der Waals surface area contributed by atoms with E-state index in [1.54, 1.807) is 12.1 Å². The van der Waals surface area contributed by atoms with Crippen molar-refractivity contribution in [1.29, 1.82) is 0 Å². The van der Waals surface area contributed by atoms with Crippen LogP contribution in [0, 0.1) is 26.6 Å². The molecule has 2 aromatic carbocycles. The lowest BCUT2D eigenvalue weighted by molar-refractivity contribution is -0.105. The highest BCUT2D eigenvalue weighted by Crippen LogP contribution is 2.31. The second-order valence-corrected chi connectivity index (χ2v) is 5.91. The zero-order valence-corrected chi connectivity index (χ0v) is 14.4. The number of benzene rings is 2. The number of amides is 1. The highest BCUT2D eigenvalue weighted by Gasteiger charge is 2.11. The summed E-state index contributed by atoms with van der Waals surface area (Å²) in [5, 5.41) is 2.74. The molecule has 3 nitrogen and oxygen atoms in total. The number of halogens is 1. The summed E-state index contributed by atoms with van der Waals surface area (Å²) in [6, 6.07) is 8.28. The number of rotatable bonds is 6. The van der Waals surface area contributed by atoms with Crippen molar-refractivity contribution in [2.75, 3.05) is 11.9 Å². The SMILES string of the molecule is C/C(=C\c1ccc(F)cc1)COc1cc(C)c(NC=O)c(C)c1C. The van der Waals surface area contributed by atoms with Gasteiger partial charge in [0.15, 0.2) is 0 Å². The molecular formula is C20H22FNO2. The van der Waals surface area contributed by atoms with E-state index >= 15 is 0 Å². The molecular weight excluding hydrogens is 305 g/mol. The summed E-state index contributed by atoms with van der Waals surface area (Å²) in [5.74, 6) is 0.556. The Labute approximate surface area is 142 Å². The van der Waals surface area contributed by atoms with Gasteiger partial charge >= 0.3 is 0 Å². The van der Waals surface area contributed by atoms with E-state index in [0.29, 0.717) is 13.0 Å². The maximum absolute atomic E-state index is 12.9. The van der Waals surface area contributed by atoms with Gasteiger partial charge in [0.25, 0.3) is 0 Å². The third-order valence-electron chi connectivity index (χ3n) is 3.99. The van der Waals surface area contributed by atoms with Gasteiger partial charge in [0.05, 0.1) is 0 Å². The molecule has 1 N–H and O–H groups in total. The van der Waals surface area contributed by atoms with Crippen LogP contribution >= 0.6 is 0 Å². The Morgan fingerprint density at radius 2 is 1.83 bits per heavy atom. The lowest BCUT2D eigenvalue weighted by Crippen LogP contribution is -2.05. The minimum Gasteiger partial charge on any atom is -0.489 e. The largest absolute Gasteiger partial charge is 0.489 e. The zero-order valence-electron chi connectivity index (χ0n) is 14.4. The van der Waals surface area contributed by atoms with Gasteiger partial charge in [-0.3, -0.25) is 4.79 Å². The number of anilines is 1. The van der Waals surface area contributed by atoms with E-state index in [1.165, 1.54) is 12.1 Å². The molecule has 0 bridgehead atoms. The van der Waals surface area contributed by atoms with Gasteiger partial charge in [-0.05, 0) is 73.7 Å². The third-order valence-corrected chi connectivity index (χ3v) is 3.99. The highest BCUT2D eigenvalue weighted by atomic mass is 19.1. The summed E-state index contributed by atoms with van der Waals surface area (Å²) in [7, 11) is 0. The first-order valence-corrected chi connectivity index (χ1v) is 7.79. The van der Waals surface area contributed by atoms with E-state index in [2.05, 4.69) is 5.32 Å². The van der Waals surface area contributed by atoms with Crippen molar-refractivity contribution in [3.63, 3.8) is 0 Å².